The third-order valence-electron chi connectivity index (χ3n) is 3.67. The normalized spacial score (nSPS) is 15.3. The zero-order valence-electron chi connectivity index (χ0n) is 13.1. The predicted molar refractivity (Wildman–Crippen MR) is 106 cm³/mol. The summed E-state index contributed by atoms with van der Waals surface area (Å²) in [6.45, 7) is 4.43. The van der Waals surface area contributed by atoms with Crippen LogP contribution < -0.4 is 5.73 Å². The molecule has 0 bridgehead atoms. The number of aliphatic imine (C=N–C) groups is 1. The van der Waals surface area contributed by atoms with E-state index in [1.165, 1.54) is 0 Å². The van der Waals surface area contributed by atoms with E-state index in [2.05, 4.69) is 19.9 Å². The van der Waals surface area contributed by atoms with E-state index in [9.17, 15) is 0 Å². The average Bonchev–Trinajstić information content (AvgIpc) is 2.99. The van der Waals surface area contributed by atoms with E-state index in [1.54, 1.807) is 12.4 Å². The molecule has 8 heteroatoms. The number of nitrogens with zero attached hydrogens (tertiary/aromatic N) is 5. The molecule has 1 aliphatic heterocycles. The summed E-state index contributed by atoms with van der Waals surface area (Å²) in [5.74, 6) is 4.62. The number of halogens is 1. The number of hydrogen-bond acceptors (Lipinski definition) is 4. The first-order valence-electron chi connectivity index (χ1n) is 7.32. The molecule has 23 heavy (non-hydrogen) atoms. The second-order valence-corrected chi connectivity index (χ2v) is 6.33. The first kappa shape index (κ1) is 18.1. The van der Waals surface area contributed by atoms with Gasteiger partial charge in [0.1, 0.15) is 11.6 Å². The van der Waals surface area contributed by atoms with Crippen LogP contribution in [0.25, 0.3) is 5.82 Å². The van der Waals surface area contributed by atoms with Crippen LogP contribution in [-0.2, 0) is 6.54 Å². The molecule has 2 aromatic rings. The van der Waals surface area contributed by atoms with Crippen LogP contribution in [0.2, 0.25) is 0 Å². The molecule has 1 fully saturated rings. The van der Waals surface area contributed by atoms with E-state index in [4.69, 9.17) is 5.73 Å². The standard InChI is InChI=1S/C15H20N6S.HI/c1-12-17-5-6-21(12)14-13(3-2-4-18-14)11-19-15(16)20-7-9-22-10-8-20;/h2-6H,7-11H2,1H3,(H2,16,19);1H. The van der Waals surface area contributed by atoms with Crippen LogP contribution in [0.1, 0.15) is 11.4 Å². The van der Waals surface area contributed by atoms with Gasteiger partial charge in [-0.3, -0.25) is 4.57 Å². The highest BCUT2D eigenvalue weighted by Crippen LogP contribution is 2.15. The molecule has 0 spiro atoms. The third-order valence-corrected chi connectivity index (χ3v) is 4.61. The fourth-order valence-corrected chi connectivity index (χ4v) is 3.33. The van der Waals surface area contributed by atoms with Gasteiger partial charge in [-0.25, -0.2) is 15.0 Å². The van der Waals surface area contributed by atoms with E-state index in [-0.39, 0.29) is 24.0 Å². The highest BCUT2D eigenvalue weighted by atomic mass is 127. The van der Waals surface area contributed by atoms with Crippen molar-refractivity contribution in [1.29, 1.82) is 0 Å². The van der Waals surface area contributed by atoms with Crippen molar-refractivity contribution in [2.45, 2.75) is 13.5 Å². The average molecular weight is 444 g/mol. The maximum Gasteiger partial charge on any atom is 0.191 e. The van der Waals surface area contributed by atoms with Gasteiger partial charge >= 0.3 is 0 Å². The Balaban J connectivity index is 0.00000192. The topological polar surface area (TPSA) is 72.3 Å². The molecule has 6 nitrogen and oxygen atoms in total. The summed E-state index contributed by atoms with van der Waals surface area (Å²) in [7, 11) is 0. The third kappa shape index (κ3) is 4.37. The largest absolute Gasteiger partial charge is 0.370 e. The van der Waals surface area contributed by atoms with E-state index in [0.29, 0.717) is 12.5 Å². The summed E-state index contributed by atoms with van der Waals surface area (Å²) in [4.78, 5) is 15.4. The molecule has 0 aliphatic carbocycles. The van der Waals surface area contributed by atoms with Crippen molar-refractivity contribution in [3.63, 3.8) is 0 Å². The minimum atomic E-state index is 0. The number of imidazole rings is 1. The Bertz CT molecular complexity index is 665. The molecule has 0 atom stereocenters. The Morgan fingerprint density at radius 3 is 2.78 bits per heavy atom. The predicted octanol–water partition coefficient (Wildman–Crippen LogP) is 2.06. The lowest BCUT2D eigenvalue weighted by molar-refractivity contribution is 0.455. The molecule has 0 unspecified atom stereocenters. The molecule has 0 radical (unpaired) electrons. The summed E-state index contributed by atoms with van der Waals surface area (Å²) in [6, 6.07) is 3.96. The molecule has 2 N–H and O–H groups in total. The first-order chi connectivity index (χ1) is 10.8. The van der Waals surface area contributed by atoms with Crippen molar-refractivity contribution >= 4 is 41.7 Å². The van der Waals surface area contributed by atoms with Crippen LogP contribution in [0.4, 0.5) is 0 Å². The van der Waals surface area contributed by atoms with Gasteiger partial charge in [0, 0.05) is 48.7 Å². The van der Waals surface area contributed by atoms with Gasteiger partial charge in [-0.2, -0.15) is 11.8 Å². The zero-order chi connectivity index (χ0) is 15.4. The molecule has 2 aromatic heterocycles. The quantitative estimate of drug-likeness (QED) is 0.446. The van der Waals surface area contributed by atoms with Gasteiger partial charge in [0.2, 0.25) is 0 Å². The number of pyridine rings is 1. The van der Waals surface area contributed by atoms with Crippen LogP contribution in [0.3, 0.4) is 0 Å². The second kappa shape index (κ2) is 8.53. The molecule has 0 saturated carbocycles. The van der Waals surface area contributed by atoms with E-state index in [1.807, 2.05) is 41.6 Å². The van der Waals surface area contributed by atoms with Crippen LogP contribution in [-0.4, -0.2) is 50.0 Å². The molecule has 1 aliphatic rings. The van der Waals surface area contributed by atoms with Crippen LogP contribution in [0.15, 0.2) is 35.7 Å². The summed E-state index contributed by atoms with van der Waals surface area (Å²) in [5.41, 5.74) is 7.16. The van der Waals surface area contributed by atoms with Crippen molar-refractivity contribution in [2.75, 3.05) is 24.6 Å². The molecule has 1 saturated heterocycles. The number of aromatic nitrogens is 3. The highest BCUT2D eigenvalue weighted by molar-refractivity contribution is 14.0. The van der Waals surface area contributed by atoms with Gasteiger partial charge < -0.3 is 10.6 Å². The van der Waals surface area contributed by atoms with Gasteiger partial charge in [-0.15, -0.1) is 24.0 Å². The van der Waals surface area contributed by atoms with Gasteiger partial charge in [0.05, 0.1) is 6.54 Å². The molecule has 0 aromatic carbocycles. The van der Waals surface area contributed by atoms with Crippen molar-refractivity contribution in [3.8, 4) is 5.82 Å². The summed E-state index contributed by atoms with van der Waals surface area (Å²) < 4.78 is 1.97. The fraction of sp³-hybridized carbons (Fsp3) is 0.400. The van der Waals surface area contributed by atoms with E-state index in [0.717, 1.165) is 41.8 Å². The van der Waals surface area contributed by atoms with Crippen molar-refractivity contribution < 1.29 is 0 Å². The lowest BCUT2D eigenvalue weighted by Gasteiger charge is -2.27. The lowest BCUT2D eigenvalue weighted by Crippen LogP contribution is -2.42. The van der Waals surface area contributed by atoms with E-state index >= 15 is 0 Å². The number of rotatable bonds is 3. The monoisotopic (exact) mass is 444 g/mol. The highest BCUT2D eigenvalue weighted by Gasteiger charge is 2.13. The summed E-state index contributed by atoms with van der Waals surface area (Å²) in [6.07, 6.45) is 5.47. The summed E-state index contributed by atoms with van der Waals surface area (Å²) >= 11 is 1.96. The lowest BCUT2D eigenvalue weighted by atomic mass is 10.2. The Labute approximate surface area is 157 Å². The van der Waals surface area contributed by atoms with Gasteiger partial charge in [-0.1, -0.05) is 6.07 Å². The number of hydrogen-bond donors (Lipinski definition) is 1. The first-order valence-corrected chi connectivity index (χ1v) is 8.48. The molecule has 0 amide bonds. The van der Waals surface area contributed by atoms with Gasteiger partial charge in [0.25, 0.3) is 0 Å². The maximum absolute atomic E-state index is 6.12. The maximum atomic E-state index is 6.12. The Kier molecular flexibility index (Phi) is 6.70. The van der Waals surface area contributed by atoms with E-state index < -0.39 is 0 Å². The second-order valence-electron chi connectivity index (χ2n) is 5.10. The van der Waals surface area contributed by atoms with Gasteiger partial charge in [-0.05, 0) is 13.0 Å². The van der Waals surface area contributed by atoms with Crippen molar-refractivity contribution in [1.82, 2.24) is 19.4 Å². The van der Waals surface area contributed by atoms with Gasteiger partial charge in [0.15, 0.2) is 5.96 Å². The molecular weight excluding hydrogens is 423 g/mol. The number of thioether (sulfide) groups is 1. The SMILES string of the molecule is Cc1nccn1-c1ncccc1CN=C(N)N1CCSCC1.I. The minimum absolute atomic E-state index is 0. The smallest absolute Gasteiger partial charge is 0.191 e. The molecular formula is C15H21IN6S. The minimum Gasteiger partial charge on any atom is -0.370 e. The van der Waals surface area contributed by atoms with Crippen molar-refractivity contribution in [2.24, 2.45) is 10.7 Å². The number of nitrogens with two attached hydrogens (primary N) is 1. The van der Waals surface area contributed by atoms with Crippen LogP contribution in [0.5, 0.6) is 0 Å². The Morgan fingerprint density at radius 2 is 2.09 bits per heavy atom. The molecule has 3 rings (SSSR count). The molecule has 3 heterocycles. The summed E-state index contributed by atoms with van der Waals surface area (Å²) in [5, 5.41) is 0. The number of guanidine groups is 1. The Hall–Kier alpha value is -1.29. The van der Waals surface area contributed by atoms with Crippen LogP contribution >= 0.6 is 35.7 Å². The number of aryl methyl sites for hydroxylation is 1. The van der Waals surface area contributed by atoms with Crippen molar-refractivity contribution in [3.05, 3.63) is 42.1 Å². The zero-order valence-corrected chi connectivity index (χ0v) is 16.2. The molecule has 124 valence electrons. The Morgan fingerprint density at radius 1 is 1.30 bits per heavy atom. The van der Waals surface area contributed by atoms with Crippen LogP contribution in [0, 0.1) is 6.92 Å². The fourth-order valence-electron chi connectivity index (χ4n) is 2.43.